The average Bonchev–Trinajstić information content (AvgIpc) is 4.12. The molecule has 1 aliphatic heterocycles. The standard InChI is InChI=1S/C61H79N9O8/c1-37(62-6)54(71)67-53(61(3,4)5)60(77)69-35-44(33-52(69)58(75)66-51-24-13-18-42-16-9-11-20-47(42)51)64-56(73)43-29-25-40(26-30-43)36-78-45-31-27-39(28-32-45)34-70(68-55(72)38(2)63-7)59(76)49-22-14-21-48(49)57(74)65-50-23-12-17-41-15-8-10-19-46(41)50/h8-11,15-16,19-20,25-32,37-38,44,48-53,62-63H,12-14,17-18,21-24,33-36H2,1-7H3,(H,64,73)(H,65,74)(H,66,75)(H,67,71)(H,68,72)/t37-,38-,44-,48+,49+,50+,51+,52?,53+/m0/s1. The van der Waals surface area contributed by atoms with E-state index in [0.717, 1.165) is 67.2 Å². The summed E-state index contributed by atoms with van der Waals surface area (Å²) in [5.74, 6) is -2.72. The molecule has 1 heterocycles. The molecule has 4 aliphatic rings. The van der Waals surface area contributed by atoms with E-state index in [1.807, 2.05) is 63.2 Å². The number of amides is 7. The van der Waals surface area contributed by atoms with E-state index >= 15 is 0 Å². The van der Waals surface area contributed by atoms with Crippen LogP contribution in [0.4, 0.5) is 0 Å². The zero-order valence-corrected chi connectivity index (χ0v) is 46.3. The van der Waals surface area contributed by atoms with Crippen LogP contribution in [0, 0.1) is 17.3 Å². The van der Waals surface area contributed by atoms with Gasteiger partial charge in [0, 0.05) is 24.1 Å². The minimum Gasteiger partial charge on any atom is -0.489 e. The van der Waals surface area contributed by atoms with Crippen LogP contribution >= 0.6 is 0 Å². The summed E-state index contributed by atoms with van der Waals surface area (Å²) in [6.07, 6.45) is 7.47. The fourth-order valence-corrected chi connectivity index (χ4v) is 11.4. The number of nitrogens with zero attached hydrogens (tertiary/aromatic N) is 2. The highest BCUT2D eigenvalue weighted by molar-refractivity contribution is 5.96. The van der Waals surface area contributed by atoms with E-state index in [2.05, 4.69) is 55.5 Å². The lowest BCUT2D eigenvalue weighted by Crippen LogP contribution is -2.59. The number of fused-ring (bicyclic) bond motifs is 2. The van der Waals surface area contributed by atoms with Gasteiger partial charge in [0.05, 0.1) is 36.6 Å². The fraction of sp³-hybridized carbons (Fsp3) is 0.492. The zero-order valence-electron chi connectivity index (χ0n) is 46.3. The lowest BCUT2D eigenvalue weighted by Gasteiger charge is -2.36. The van der Waals surface area contributed by atoms with Crippen LogP contribution in [-0.2, 0) is 54.8 Å². The fourth-order valence-electron chi connectivity index (χ4n) is 11.4. The third-order valence-corrected chi connectivity index (χ3v) is 16.2. The first-order valence-corrected chi connectivity index (χ1v) is 27.9. The molecule has 78 heavy (non-hydrogen) atoms. The number of benzene rings is 4. The highest BCUT2D eigenvalue weighted by Gasteiger charge is 2.46. The quantitative estimate of drug-likeness (QED) is 0.0588. The van der Waals surface area contributed by atoms with Crippen LogP contribution in [-0.4, -0.2) is 102 Å². The van der Waals surface area contributed by atoms with E-state index in [4.69, 9.17) is 4.74 Å². The van der Waals surface area contributed by atoms with Crippen molar-refractivity contribution in [3.63, 3.8) is 0 Å². The van der Waals surface area contributed by atoms with Gasteiger partial charge in [-0.15, -0.1) is 0 Å². The lowest BCUT2D eigenvalue weighted by molar-refractivity contribution is -0.148. The summed E-state index contributed by atoms with van der Waals surface area (Å²) in [5, 5.41) is 19.7. The number of hydrogen-bond acceptors (Lipinski definition) is 10. The summed E-state index contributed by atoms with van der Waals surface area (Å²) in [5.41, 5.74) is 8.72. The maximum atomic E-state index is 14.6. The Bertz CT molecular complexity index is 2800. The van der Waals surface area contributed by atoms with Gasteiger partial charge in [0.15, 0.2) is 0 Å². The number of rotatable bonds is 18. The van der Waals surface area contributed by atoms with E-state index in [0.29, 0.717) is 24.2 Å². The maximum Gasteiger partial charge on any atom is 0.255 e. The van der Waals surface area contributed by atoms with E-state index in [1.165, 1.54) is 21.0 Å². The van der Waals surface area contributed by atoms with Gasteiger partial charge in [-0.1, -0.05) is 100.0 Å². The van der Waals surface area contributed by atoms with Crippen molar-refractivity contribution < 1.29 is 38.3 Å². The molecule has 0 spiro atoms. The molecule has 3 aliphatic carbocycles. The molecule has 1 unspecified atom stereocenters. The van der Waals surface area contributed by atoms with E-state index in [1.54, 1.807) is 64.3 Å². The number of nitrogens with one attached hydrogen (secondary N) is 7. The smallest absolute Gasteiger partial charge is 0.255 e. The summed E-state index contributed by atoms with van der Waals surface area (Å²) in [6.45, 7) is 9.39. The van der Waals surface area contributed by atoms with Crippen molar-refractivity contribution in [2.75, 3.05) is 20.6 Å². The van der Waals surface area contributed by atoms with Crippen molar-refractivity contribution in [2.24, 2.45) is 17.3 Å². The second kappa shape index (κ2) is 25.6. The van der Waals surface area contributed by atoms with Crippen molar-refractivity contribution in [1.29, 1.82) is 0 Å². The monoisotopic (exact) mass is 1070 g/mol. The molecule has 17 heteroatoms. The SMILES string of the molecule is CN[C@@H](C)C(=O)N[C@H](C(=O)N1C[C@@H](NC(=O)c2ccc(COc3ccc(CN(NC(=O)[C@H](C)NC)C(=O)[C@@H]4CCC[C@H]4C(=O)N[C@@H]4CCCc5ccccc54)cc3)cc2)CC1C(=O)N[C@@H]1CCCc2ccccc21)C(C)(C)C. The van der Waals surface area contributed by atoms with Crippen LogP contribution in [0.15, 0.2) is 97.1 Å². The number of carbonyl (C=O) groups is 7. The summed E-state index contributed by atoms with van der Waals surface area (Å²) < 4.78 is 6.14. The third-order valence-electron chi connectivity index (χ3n) is 16.2. The van der Waals surface area contributed by atoms with Crippen molar-refractivity contribution in [3.05, 3.63) is 136 Å². The number of hydrazine groups is 1. The molecule has 416 valence electrons. The van der Waals surface area contributed by atoms with Gasteiger partial charge in [0.25, 0.3) is 11.8 Å². The van der Waals surface area contributed by atoms with Crippen molar-refractivity contribution >= 4 is 41.4 Å². The number of hydrogen-bond donors (Lipinski definition) is 7. The van der Waals surface area contributed by atoms with Crippen LogP contribution in [0.25, 0.3) is 0 Å². The first kappa shape index (κ1) is 57.1. The summed E-state index contributed by atoms with van der Waals surface area (Å²) in [4.78, 5) is 98.9. The van der Waals surface area contributed by atoms with Gasteiger partial charge >= 0.3 is 0 Å². The number of carbonyl (C=O) groups excluding carboxylic acids is 7. The predicted octanol–water partition coefficient (Wildman–Crippen LogP) is 5.88. The molecule has 8 rings (SSSR count). The van der Waals surface area contributed by atoms with Gasteiger partial charge in [-0.3, -0.25) is 39.0 Å². The molecule has 0 aromatic heterocycles. The normalized spacial score (nSPS) is 21.9. The maximum absolute atomic E-state index is 14.6. The van der Waals surface area contributed by atoms with Gasteiger partial charge in [0.2, 0.25) is 29.5 Å². The molecule has 1 saturated heterocycles. The molecule has 0 bridgehead atoms. The van der Waals surface area contributed by atoms with Gasteiger partial charge < -0.3 is 41.5 Å². The Balaban J connectivity index is 0.886. The Hall–Kier alpha value is -7.11. The molecule has 9 atom stereocenters. The van der Waals surface area contributed by atoms with Crippen LogP contribution in [0.1, 0.15) is 142 Å². The van der Waals surface area contributed by atoms with Crippen LogP contribution in [0.2, 0.25) is 0 Å². The van der Waals surface area contributed by atoms with Crippen molar-refractivity contribution in [1.82, 2.24) is 47.2 Å². The first-order chi connectivity index (χ1) is 37.4. The average molecular weight is 1070 g/mol. The van der Waals surface area contributed by atoms with Gasteiger partial charge in [-0.25, -0.2) is 5.01 Å². The number of aryl methyl sites for hydroxylation is 2. The minimum atomic E-state index is -0.941. The van der Waals surface area contributed by atoms with Crippen molar-refractivity contribution in [2.45, 2.75) is 154 Å². The second-order valence-corrected chi connectivity index (χ2v) is 22.7. The Labute approximate surface area is 459 Å². The highest BCUT2D eigenvalue weighted by atomic mass is 16.5. The molecule has 0 radical (unpaired) electrons. The Morgan fingerprint density at radius 1 is 0.654 bits per heavy atom. The molecular weight excluding hydrogens is 987 g/mol. The summed E-state index contributed by atoms with van der Waals surface area (Å²) >= 11 is 0. The molecule has 2 fully saturated rings. The van der Waals surface area contributed by atoms with E-state index < -0.39 is 53.4 Å². The van der Waals surface area contributed by atoms with Crippen molar-refractivity contribution in [3.8, 4) is 5.75 Å². The van der Waals surface area contributed by atoms with Crippen LogP contribution in [0.3, 0.4) is 0 Å². The van der Waals surface area contributed by atoms with Crippen LogP contribution < -0.4 is 42.1 Å². The lowest BCUT2D eigenvalue weighted by atomic mass is 9.85. The number of likely N-dealkylation sites (tertiary alicyclic amines) is 1. The van der Waals surface area contributed by atoms with Gasteiger partial charge in [-0.05, 0) is 149 Å². The minimum absolute atomic E-state index is 0.0768. The Morgan fingerprint density at radius 3 is 1.82 bits per heavy atom. The Kier molecular flexibility index (Phi) is 18.7. The third kappa shape index (κ3) is 13.8. The predicted molar refractivity (Wildman–Crippen MR) is 297 cm³/mol. The Morgan fingerprint density at radius 2 is 1.22 bits per heavy atom. The number of ether oxygens (including phenoxy) is 1. The van der Waals surface area contributed by atoms with E-state index in [9.17, 15) is 33.6 Å². The van der Waals surface area contributed by atoms with Gasteiger partial charge in [0.1, 0.15) is 24.4 Å². The van der Waals surface area contributed by atoms with Crippen LogP contribution in [0.5, 0.6) is 5.75 Å². The highest BCUT2D eigenvalue weighted by Crippen LogP contribution is 2.37. The molecule has 7 amide bonds. The zero-order chi connectivity index (χ0) is 55.7. The molecule has 4 aromatic rings. The molecule has 17 nitrogen and oxygen atoms in total. The summed E-state index contributed by atoms with van der Waals surface area (Å²) in [6, 6.07) is 26.7. The number of likely N-dealkylation sites (N-methyl/N-ethyl adjacent to an activating group) is 2. The molecule has 4 aromatic carbocycles. The second-order valence-electron chi connectivity index (χ2n) is 22.7. The first-order valence-electron chi connectivity index (χ1n) is 27.9. The van der Waals surface area contributed by atoms with E-state index in [-0.39, 0.29) is 73.6 Å². The topological polar surface area (TPSA) is 219 Å². The molecule has 1 saturated carbocycles. The van der Waals surface area contributed by atoms with Gasteiger partial charge in [-0.2, -0.15) is 0 Å². The molecular formula is C61H79N9O8. The molecule has 7 N–H and O–H groups in total. The largest absolute Gasteiger partial charge is 0.489 e. The summed E-state index contributed by atoms with van der Waals surface area (Å²) in [7, 11) is 3.35.